The summed E-state index contributed by atoms with van der Waals surface area (Å²) in [5.41, 5.74) is 5.33. The van der Waals surface area contributed by atoms with Gasteiger partial charge in [-0.1, -0.05) is 0 Å². The molecule has 2 aromatic carbocycles. The van der Waals surface area contributed by atoms with Crippen molar-refractivity contribution in [2.24, 2.45) is 0 Å². The second kappa shape index (κ2) is 10.1. The molecule has 5 rings (SSSR count). The number of hydrogen-bond donors (Lipinski definition) is 3. The van der Waals surface area contributed by atoms with Crippen LogP contribution in [0, 0.1) is 13.8 Å². The number of phenols is 1. The highest BCUT2D eigenvalue weighted by molar-refractivity contribution is 6.05. The van der Waals surface area contributed by atoms with Crippen LogP contribution in [0.4, 0.5) is 5.69 Å². The number of amides is 2. The Morgan fingerprint density at radius 1 is 1.21 bits per heavy atom. The molecule has 1 aliphatic rings. The first-order valence-corrected chi connectivity index (χ1v) is 12.6. The van der Waals surface area contributed by atoms with Gasteiger partial charge in [-0.05, 0) is 62.7 Å². The summed E-state index contributed by atoms with van der Waals surface area (Å²) in [5.74, 6) is 0.185. The zero-order valence-electron chi connectivity index (χ0n) is 21.9. The van der Waals surface area contributed by atoms with E-state index in [1.165, 1.54) is 6.07 Å². The van der Waals surface area contributed by atoms with E-state index in [0.29, 0.717) is 36.2 Å². The fourth-order valence-electron chi connectivity index (χ4n) is 4.81. The highest BCUT2D eigenvalue weighted by Gasteiger charge is 2.23. The van der Waals surface area contributed by atoms with Gasteiger partial charge in [-0.2, -0.15) is 5.10 Å². The van der Waals surface area contributed by atoms with Crippen LogP contribution >= 0.6 is 0 Å². The summed E-state index contributed by atoms with van der Waals surface area (Å²) in [5, 5.41) is 21.3. The third-order valence-corrected chi connectivity index (χ3v) is 6.82. The molecule has 0 spiro atoms. The van der Waals surface area contributed by atoms with Crippen LogP contribution in [0.2, 0.25) is 0 Å². The average Bonchev–Trinajstić information content (AvgIpc) is 3.46. The summed E-state index contributed by atoms with van der Waals surface area (Å²) < 4.78 is 1.89. The van der Waals surface area contributed by atoms with Crippen molar-refractivity contribution in [2.75, 3.05) is 18.9 Å². The van der Waals surface area contributed by atoms with Gasteiger partial charge >= 0.3 is 0 Å². The van der Waals surface area contributed by atoms with Crippen molar-refractivity contribution in [3.8, 4) is 17.1 Å². The number of rotatable bonds is 7. The Morgan fingerprint density at radius 2 is 2.03 bits per heavy atom. The molecule has 0 saturated carbocycles. The van der Waals surface area contributed by atoms with E-state index in [-0.39, 0.29) is 29.3 Å². The molecule has 2 aromatic heterocycles. The molecule has 0 aliphatic carbocycles. The lowest BCUT2D eigenvalue weighted by molar-refractivity contribution is -0.119. The number of aromatic hydroxyl groups is 1. The van der Waals surface area contributed by atoms with Crippen LogP contribution < -0.4 is 10.6 Å². The van der Waals surface area contributed by atoms with Crippen LogP contribution in [0.1, 0.15) is 40.7 Å². The zero-order valence-corrected chi connectivity index (χ0v) is 21.9. The van der Waals surface area contributed by atoms with Crippen molar-refractivity contribution >= 4 is 28.4 Å². The fraction of sp³-hybridized carbons (Fsp3) is 0.321. The molecule has 1 aliphatic heterocycles. The lowest BCUT2D eigenvalue weighted by Crippen LogP contribution is -2.27. The first kappa shape index (κ1) is 25.2. The van der Waals surface area contributed by atoms with Crippen LogP contribution in [0.5, 0.6) is 5.75 Å². The number of phenolic OH excluding ortho intramolecular Hbond substituents is 1. The molecule has 3 N–H and O–H groups in total. The summed E-state index contributed by atoms with van der Waals surface area (Å²) in [6, 6.07) is 10.7. The molecule has 3 heterocycles. The van der Waals surface area contributed by atoms with Gasteiger partial charge in [-0.3, -0.25) is 14.3 Å². The summed E-state index contributed by atoms with van der Waals surface area (Å²) in [4.78, 5) is 36.4. The van der Waals surface area contributed by atoms with Gasteiger partial charge in [0.25, 0.3) is 5.91 Å². The van der Waals surface area contributed by atoms with E-state index in [2.05, 4.69) is 15.7 Å². The summed E-state index contributed by atoms with van der Waals surface area (Å²) in [6.45, 7) is 7.68. The largest absolute Gasteiger partial charge is 0.508 e. The van der Waals surface area contributed by atoms with Crippen molar-refractivity contribution in [1.82, 2.24) is 30.0 Å². The molecule has 2 amide bonds. The highest BCUT2D eigenvalue weighted by Crippen LogP contribution is 2.28. The Kier molecular flexibility index (Phi) is 6.71. The number of carbonyl (C=O) groups is 2. The highest BCUT2D eigenvalue weighted by atomic mass is 16.3. The second-order valence-electron chi connectivity index (χ2n) is 9.77. The third-order valence-electron chi connectivity index (χ3n) is 6.82. The summed E-state index contributed by atoms with van der Waals surface area (Å²) in [6.07, 6.45) is 2.20. The van der Waals surface area contributed by atoms with Crippen LogP contribution in [0.15, 0.2) is 42.6 Å². The molecule has 0 radical (unpaired) electrons. The lowest BCUT2D eigenvalue weighted by atomic mass is 10.1. The minimum Gasteiger partial charge on any atom is -0.508 e. The van der Waals surface area contributed by atoms with E-state index < -0.39 is 0 Å². The van der Waals surface area contributed by atoms with E-state index in [1.807, 2.05) is 43.7 Å². The molecule has 1 atom stereocenters. The molecule has 1 unspecified atom stereocenters. The summed E-state index contributed by atoms with van der Waals surface area (Å²) in [7, 11) is 1.73. The van der Waals surface area contributed by atoms with E-state index in [1.54, 1.807) is 30.3 Å². The maximum atomic E-state index is 13.7. The van der Waals surface area contributed by atoms with Gasteiger partial charge in [0.1, 0.15) is 11.4 Å². The molecular formula is C28H31N7O3. The summed E-state index contributed by atoms with van der Waals surface area (Å²) >= 11 is 0. The van der Waals surface area contributed by atoms with Crippen LogP contribution in [0.3, 0.4) is 0 Å². The SMILES string of the molecule is CCn1ncc(CN(C)C(=O)c2nc(-c3cc(C)cc(NC4CNC(=O)C4)c3)nc3ccc(O)cc23)c1C. The third kappa shape index (κ3) is 5.02. The standard InChI is InChI=1S/C28H31N7O3/c1-5-35-17(3)19(13-30-35)15-34(4)28(38)26-23-12-22(36)6-7-24(23)32-27(33-26)18-8-16(2)9-20(10-18)31-21-11-25(37)29-14-21/h6-10,12-13,21,31,36H,5,11,14-15H2,1-4H3,(H,29,37). The van der Waals surface area contributed by atoms with E-state index in [0.717, 1.165) is 34.6 Å². The normalized spacial score (nSPS) is 15.1. The topological polar surface area (TPSA) is 125 Å². The number of aromatic nitrogens is 4. The van der Waals surface area contributed by atoms with E-state index >= 15 is 0 Å². The van der Waals surface area contributed by atoms with E-state index in [9.17, 15) is 14.7 Å². The van der Waals surface area contributed by atoms with Crippen molar-refractivity contribution < 1.29 is 14.7 Å². The van der Waals surface area contributed by atoms with Crippen molar-refractivity contribution in [1.29, 1.82) is 0 Å². The molecule has 10 heteroatoms. The predicted molar refractivity (Wildman–Crippen MR) is 145 cm³/mol. The number of benzene rings is 2. The predicted octanol–water partition coefficient (Wildman–Crippen LogP) is 3.41. The number of nitrogens with zero attached hydrogens (tertiary/aromatic N) is 5. The minimum absolute atomic E-state index is 0.00366. The van der Waals surface area contributed by atoms with Gasteiger partial charge in [-0.15, -0.1) is 0 Å². The van der Waals surface area contributed by atoms with Crippen molar-refractivity contribution in [3.05, 3.63) is 65.1 Å². The van der Waals surface area contributed by atoms with Crippen molar-refractivity contribution in [2.45, 2.75) is 46.3 Å². The van der Waals surface area contributed by atoms with Crippen molar-refractivity contribution in [3.63, 3.8) is 0 Å². The Morgan fingerprint density at radius 3 is 2.74 bits per heavy atom. The molecule has 38 heavy (non-hydrogen) atoms. The average molecular weight is 514 g/mol. The molecule has 196 valence electrons. The van der Waals surface area contributed by atoms with Gasteiger partial charge in [0.05, 0.1) is 17.8 Å². The quantitative estimate of drug-likeness (QED) is 0.346. The number of hydrogen-bond acceptors (Lipinski definition) is 7. The molecule has 1 fully saturated rings. The Hall–Kier alpha value is -4.47. The van der Waals surface area contributed by atoms with Gasteiger partial charge in [0.15, 0.2) is 5.82 Å². The minimum atomic E-state index is -0.283. The van der Waals surface area contributed by atoms with Crippen LogP contribution in [-0.2, 0) is 17.9 Å². The first-order valence-electron chi connectivity index (χ1n) is 12.6. The Labute approximate surface area is 220 Å². The lowest BCUT2D eigenvalue weighted by Gasteiger charge is -2.19. The Bertz CT molecular complexity index is 1550. The molecule has 10 nitrogen and oxygen atoms in total. The first-order chi connectivity index (χ1) is 18.2. The second-order valence-corrected chi connectivity index (χ2v) is 9.77. The zero-order chi connectivity index (χ0) is 27.0. The number of fused-ring (bicyclic) bond motifs is 1. The van der Waals surface area contributed by atoms with E-state index in [4.69, 9.17) is 9.97 Å². The molecular weight excluding hydrogens is 482 g/mol. The van der Waals surface area contributed by atoms with Crippen LogP contribution in [0.25, 0.3) is 22.3 Å². The molecule has 4 aromatic rings. The van der Waals surface area contributed by atoms with Gasteiger partial charge in [0, 0.05) is 61.0 Å². The van der Waals surface area contributed by atoms with Crippen LogP contribution in [-0.4, -0.2) is 61.2 Å². The van der Waals surface area contributed by atoms with Gasteiger partial charge in [-0.25, -0.2) is 9.97 Å². The number of carbonyl (C=O) groups excluding carboxylic acids is 2. The Balaban J connectivity index is 1.52. The number of aryl methyl sites for hydroxylation is 2. The molecule has 0 bridgehead atoms. The number of nitrogens with one attached hydrogen (secondary N) is 2. The smallest absolute Gasteiger partial charge is 0.273 e. The fourth-order valence-corrected chi connectivity index (χ4v) is 4.81. The maximum absolute atomic E-state index is 13.7. The maximum Gasteiger partial charge on any atom is 0.273 e. The molecule has 1 saturated heterocycles. The number of anilines is 1. The van der Waals surface area contributed by atoms with Gasteiger partial charge < -0.3 is 20.6 Å². The van der Waals surface area contributed by atoms with Gasteiger partial charge in [0.2, 0.25) is 5.91 Å². The monoisotopic (exact) mass is 513 g/mol.